The summed E-state index contributed by atoms with van der Waals surface area (Å²) in [5.74, 6) is 0.850. The molecule has 0 fully saturated rings. The molecule has 96 valence electrons. The van der Waals surface area contributed by atoms with Crippen LogP contribution in [0.5, 0.6) is 0 Å². The van der Waals surface area contributed by atoms with Crippen molar-refractivity contribution in [3.05, 3.63) is 36.3 Å². The maximum Gasteiger partial charge on any atom is 0.158 e. The minimum atomic E-state index is -0.665. The first-order valence-electron chi connectivity index (χ1n) is 6.13. The van der Waals surface area contributed by atoms with Crippen LogP contribution in [0.25, 0.3) is 11.5 Å². The number of aromatic nitrogens is 3. The SMILES string of the molecule is Cc1cccc(-c2nccn2CCC(C)(C)O)n1. The van der Waals surface area contributed by atoms with Gasteiger partial charge in [0.25, 0.3) is 0 Å². The summed E-state index contributed by atoms with van der Waals surface area (Å²) in [6, 6.07) is 5.90. The van der Waals surface area contributed by atoms with Crippen molar-refractivity contribution in [2.24, 2.45) is 0 Å². The molecule has 0 saturated carbocycles. The molecule has 18 heavy (non-hydrogen) atoms. The molecular formula is C14H19N3O. The highest BCUT2D eigenvalue weighted by Crippen LogP contribution is 2.17. The van der Waals surface area contributed by atoms with E-state index in [4.69, 9.17) is 0 Å². The van der Waals surface area contributed by atoms with Gasteiger partial charge in [-0.1, -0.05) is 6.07 Å². The molecule has 2 heterocycles. The fourth-order valence-corrected chi connectivity index (χ4v) is 1.78. The highest BCUT2D eigenvalue weighted by molar-refractivity contribution is 5.49. The van der Waals surface area contributed by atoms with Crippen molar-refractivity contribution in [3.8, 4) is 11.5 Å². The van der Waals surface area contributed by atoms with Crippen LogP contribution in [0.4, 0.5) is 0 Å². The summed E-state index contributed by atoms with van der Waals surface area (Å²) in [5, 5.41) is 9.77. The van der Waals surface area contributed by atoms with E-state index in [2.05, 4.69) is 9.97 Å². The van der Waals surface area contributed by atoms with Crippen molar-refractivity contribution < 1.29 is 5.11 Å². The molecule has 0 aromatic carbocycles. The van der Waals surface area contributed by atoms with E-state index in [9.17, 15) is 5.11 Å². The molecule has 2 aromatic heterocycles. The van der Waals surface area contributed by atoms with Crippen LogP contribution in [-0.2, 0) is 6.54 Å². The molecule has 4 nitrogen and oxygen atoms in total. The van der Waals surface area contributed by atoms with E-state index in [0.29, 0.717) is 6.42 Å². The predicted molar refractivity (Wildman–Crippen MR) is 71.1 cm³/mol. The average molecular weight is 245 g/mol. The zero-order chi connectivity index (χ0) is 13.2. The van der Waals surface area contributed by atoms with Crippen molar-refractivity contribution in [2.75, 3.05) is 0 Å². The third-order valence-corrected chi connectivity index (χ3v) is 2.80. The summed E-state index contributed by atoms with van der Waals surface area (Å²) in [4.78, 5) is 8.82. The zero-order valence-corrected chi connectivity index (χ0v) is 11.1. The van der Waals surface area contributed by atoms with Crippen molar-refractivity contribution in [3.63, 3.8) is 0 Å². The van der Waals surface area contributed by atoms with Gasteiger partial charge in [0, 0.05) is 24.6 Å². The number of pyridine rings is 1. The van der Waals surface area contributed by atoms with E-state index < -0.39 is 5.60 Å². The third-order valence-electron chi connectivity index (χ3n) is 2.80. The Labute approximate surface area is 107 Å². The Kier molecular flexibility index (Phi) is 3.48. The van der Waals surface area contributed by atoms with E-state index in [1.54, 1.807) is 6.20 Å². The van der Waals surface area contributed by atoms with Crippen LogP contribution in [0.2, 0.25) is 0 Å². The van der Waals surface area contributed by atoms with E-state index in [1.165, 1.54) is 0 Å². The molecule has 0 aliphatic carbocycles. The maximum absolute atomic E-state index is 9.77. The molecule has 0 spiro atoms. The lowest BCUT2D eigenvalue weighted by molar-refractivity contribution is 0.0663. The highest BCUT2D eigenvalue weighted by Gasteiger charge is 2.14. The maximum atomic E-state index is 9.77. The third kappa shape index (κ3) is 3.17. The van der Waals surface area contributed by atoms with Gasteiger partial charge in [-0.2, -0.15) is 0 Å². The van der Waals surface area contributed by atoms with Gasteiger partial charge in [-0.05, 0) is 39.3 Å². The summed E-state index contributed by atoms with van der Waals surface area (Å²) in [5.41, 5.74) is 1.18. The van der Waals surface area contributed by atoms with Gasteiger partial charge in [0.15, 0.2) is 5.82 Å². The number of rotatable bonds is 4. The minimum Gasteiger partial charge on any atom is -0.390 e. The van der Waals surface area contributed by atoms with E-state index in [-0.39, 0.29) is 0 Å². The van der Waals surface area contributed by atoms with Crippen LogP contribution >= 0.6 is 0 Å². The second-order valence-electron chi connectivity index (χ2n) is 5.17. The zero-order valence-electron chi connectivity index (χ0n) is 11.1. The molecular weight excluding hydrogens is 226 g/mol. The second kappa shape index (κ2) is 4.90. The van der Waals surface area contributed by atoms with Crippen LogP contribution in [0.1, 0.15) is 26.0 Å². The number of hydrogen-bond donors (Lipinski definition) is 1. The Morgan fingerprint density at radius 2 is 2.11 bits per heavy atom. The Hall–Kier alpha value is -1.68. The first-order chi connectivity index (χ1) is 8.46. The van der Waals surface area contributed by atoms with Gasteiger partial charge in [-0.15, -0.1) is 0 Å². The lowest BCUT2D eigenvalue weighted by Gasteiger charge is -2.17. The molecule has 0 saturated heterocycles. The number of aryl methyl sites for hydroxylation is 2. The minimum absolute atomic E-state index is 0.665. The van der Waals surface area contributed by atoms with Crippen LogP contribution in [-0.4, -0.2) is 25.2 Å². The van der Waals surface area contributed by atoms with Gasteiger partial charge in [-0.3, -0.25) is 0 Å². The lowest BCUT2D eigenvalue weighted by Crippen LogP contribution is -2.21. The van der Waals surface area contributed by atoms with Crippen LogP contribution < -0.4 is 0 Å². The first-order valence-corrected chi connectivity index (χ1v) is 6.13. The summed E-state index contributed by atoms with van der Waals surface area (Å²) >= 11 is 0. The van der Waals surface area contributed by atoms with Gasteiger partial charge in [0.1, 0.15) is 5.69 Å². The quantitative estimate of drug-likeness (QED) is 0.900. The van der Waals surface area contributed by atoms with Crippen molar-refractivity contribution in [1.29, 1.82) is 0 Å². The molecule has 0 bridgehead atoms. The van der Waals surface area contributed by atoms with E-state index >= 15 is 0 Å². The molecule has 2 rings (SSSR count). The van der Waals surface area contributed by atoms with Crippen molar-refractivity contribution >= 4 is 0 Å². The fourth-order valence-electron chi connectivity index (χ4n) is 1.78. The largest absolute Gasteiger partial charge is 0.390 e. The van der Waals surface area contributed by atoms with Crippen LogP contribution in [0, 0.1) is 6.92 Å². The van der Waals surface area contributed by atoms with Crippen molar-refractivity contribution in [2.45, 2.75) is 39.3 Å². The first kappa shape index (κ1) is 12.8. The summed E-state index contributed by atoms with van der Waals surface area (Å²) in [6.07, 6.45) is 4.37. The Balaban J connectivity index is 2.23. The van der Waals surface area contributed by atoms with Crippen LogP contribution in [0.15, 0.2) is 30.6 Å². The molecule has 0 unspecified atom stereocenters. The highest BCUT2D eigenvalue weighted by atomic mass is 16.3. The standard InChI is InChI=1S/C14H19N3O/c1-11-5-4-6-12(16-11)13-15-8-10-17(13)9-7-14(2,3)18/h4-6,8,10,18H,7,9H2,1-3H3. The normalized spacial score (nSPS) is 11.8. The lowest BCUT2D eigenvalue weighted by atomic mass is 10.1. The Morgan fingerprint density at radius 3 is 2.78 bits per heavy atom. The average Bonchev–Trinajstić information content (AvgIpc) is 2.73. The Bertz CT molecular complexity index is 526. The molecule has 4 heteroatoms. The van der Waals surface area contributed by atoms with Gasteiger partial charge in [0.05, 0.1) is 5.60 Å². The van der Waals surface area contributed by atoms with Crippen molar-refractivity contribution in [1.82, 2.24) is 14.5 Å². The molecule has 0 radical (unpaired) electrons. The topological polar surface area (TPSA) is 50.9 Å². The number of nitrogens with zero attached hydrogens (tertiary/aromatic N) is 3. The molecule has 1 N–H and O–H groups in total. The van der Waals surface area contributed by atoms with Gasteiger partial charge >= 0.3 is 0 Å². The number of hydrogen-bond acceptors (Lipinski definition) is 3. The Morgan fingerprint density at radius 1 is 1.33 bits per heavy atom. The molecule has 0 aliphatic rings. The monoisotopic (exact) mass is 245 g/mol. The molecule has 0 amide bonds. The number of imidazole rings is 1. The van der Waals surface area contributed by atoms with Crippen LogP contribution in [0.3, 0.4) is 0 Å². The number of aliphatic hydroxyl groups is 1. The van der Waals surface area contributed by atoms with Gasteiger partial charge < -0.3 is 9.67 Å². The summed E-state index contributed by atoms with van der Waals surface area (Å²) in [7, 11) is 0. The second-order valence-corrected chi connectivity index (χ2v) is 5.17. The molecule has 0 aliphatic heterocycles. The smallest absolute Gasteiger partial charge is 0.158 e. The van der Waals surface area contributed by atoms with E-state index in [0.717, 1.165) is 23.8 Å². The molecule has 0 atom stereocenters. The van der Waals surface area contributed by atoms with E-state index in [1.807, 2.05) is 49.7 Å². The van der Waals surface area contributed by atoms with Gasteiger partial charge in [-0.25, -0.2) is 9.97 Å². The summed E-state index contributed by atoms with van der Waals surface area (Å²) < 4.78 is 2.03. The summed E-state index contributed by atoms with van der Waals surface area (Å²) in [6.45, 7) is 6.32. The fraction of sp³-hybridized carbons (Fsp3) is 0.429. The van der Waals surface area contributed by atoms with Gasteiger partial charge in [0.2, 0.25) is 0 Å². The predicted octanol–water partition coefficient (Wildman–Crippen LogP) is 2.41. The molecule has 2 aromatic rings.